The molecule has 0 aromatic rings. The first kappa shape index (κ1) is 77.3. The topological polar surface area (TPSA) is 78.9 Å². The predicted octanol–water partition coefficient (Wildman–Crippen LogP) is 24.0. The van der Waals surface area contributed by atoms with Crippen LogP contribution in [-0.4, -0.2) is 37.2 Å². The summed E-state index contributed by atoms with van der Waals surface area (Å²) in [5.41, 5.74) is 0. The van der Waals surface area contributed by atoms with Crippen molar-refractivity contribution in [1.29, 1.82) is 0 Å². The molecule has 0 bridgehead atoms. The van der Waals surface area contributed by atoms with Crippen LogP contribution < -0.4 is 0 Å². The molecule has 1 atom stereocenters. The summed E-state index contributed by atoms with van der Waals surface area (Å²) in [5, 5.41) is 0. The van der Waals surface area contributed by atoms with E-state index < -0.39 is 6.10 Å². The lowest BCUT2D eigenvalue weighted by Gasteiger charge is -2.18. The van der Waals surface area contributed by atoms with E-state index in [1.165, 1.54) is 212 Å². The Kier molecular flexibility index (Phi) is 65.7. The molecule has 0 heterocycles. The molecule has 0 amide bonds. The molecule has 81 heavy (non-hydrogen) atoms. The van der Waals surface area contributed by atoms with Crippen molar-refractivity contribution in [3.63, 3.8) is 0 Å². The van der Waals surface area contributed by atoms with Gasteiger partial charge < -0.3 is 14.2 Å². The largest absolute Gasteiger partial charge is 0.462 e. The van der Waals surface area contributed by atoms with Gasteiger partial charge in [-0.2, -0.15) is 0 Å². The summed E-state index contributed by atoms with van der Waals surface area (Å²) in [5.74, 6) is -0.980. The minimum atomic E-state index is -0.821. The Balaban J connectivity index is 4.40. The highest BCUT2D eigenvalue weighted by molar-refractivity contribution is 5.71. The Hall–Kier alpha value is -3.67. The van der Waals surface area contributed by atoms with Gasteiger partial charge in [0.25, 0.3) is 0 Å². The predicted molar refractivity (Wildman–Crippen MR) is 353 cm³/mol. The van der Waals surface area contributed by atoms with Gasteiger partial charge in [-0.15, -0.1) is 0 Å². The fraction of sp³-hybridized carbons (Fsp3) is 0.747. The number of allylic oxidation sites excluding steroid dienone is 16. The Labute approximate surface area is 502 Å². The highest BCUT2D eigenvalue weighted by Crippen LogP contribution is 2.18. The average molecular weight is 1130 g/mol. The molecule has 6 heteroatoms. The van der Waals surface area contributed by atoms with Crippen molar-refractivity contribution in [3.05, 3.63) is 97.2 Å². The Bertz CT molecular complexity index is 1580. The van der Waals surface area contributed by atoms with Gasteiger partial charge in [0, 0.05) is 19.3 Å². The maximum atomic E-state index is 12.9. The molecule has 0 rings (SSSR count). The van der Waals surface area contributed by atoms with E-state index in [2.05, 4.69) is 112 Å². The van der Waals surface area contributed by atoms with Gasteiger partial charge in [0.2, 0.25) is 0 Å². The fourth-order valence-corrected chi connectivity index (χ4v) is 9.91. The number of rotatable bonds is 63. The second kappa shape index (κ2) is 68.8. The standard InChI is InChI=1S/C75H130O6/c1-4-7-10-13-16-19-22-25-28-31-34-35-36-37-38-39-42-44-47-50-53-56-59-62-65-68-74(77)80-71-72(81-75(78)69-66-63-60-57-54-51-48-45-41-33-30-27-24-21-18-15-12-9-6-3)70-79-73(76)67-64-61-58-55-52-49-46-43-40-32-29-26-23-20-17-14-11-8-5-2/h9,12,17-18,20-21,26-27,29-30,41,45,51,54,60,63,72H,4-8,10-11,13-16,19,22-25,28,31-40,42-44,46-50,52-53,55-59,61-62,64-71H2,1-3H3/b12-9-,20-17-,21-18-,29-26-,30-27-,45-41-,54-51-,63-60-. The number of unbranched alkanes of at least 4 members (excludes halogenated alkanes) is 36. The molecule has 0 aliphatic rings. The lowest BCUT2D eigenvalue weighted by atomic mass is 10.0. The van der Waals surface area contributed by atoms with Crippen LogP contribution in [0.4, 0.5) is 0 Å². The monoisotopic (exact) mass is 1130 g/mol. The third kappa shape index (κ3) is 67.0. The van der Waals surface area contributed by atoms with Gasteiger partial charge in [-0.1, -0.05) is 330 Å². The molecule has 0 aromatic carbocycles. The van der Waals surface area contributed by atoms with E-state index in [4.69, 9.17) is 14.2 Å². The van der Waals surface area contributed by atoms with E-state index in [-0.39, 0.29) is 37.5 Å². The third-order valence-corrected chi connectivity index (χ3v) is 15.1. The van der Waals surface area contributed by atoms with Crippen LogP contribution >= 0.6 is 0 Å². The van der Waals surface area contributed by atoms with E-state index in [1.54, 1.807) is 0 Å². The van der Waals surface area contributed by atoms with Crippen molar-refractivity contribution in [2.75, 3.05) is 13.2 Å². The normalized spacial score (nSPS) is 12.7. The molecule has 0 aliphatic heterocycles. The Morgan fingerprint density at radius 2 is 0.506 bits per heavy atom. The van der Waals surface area contributed by atoms with Crippen LogP contribution in [-0.2, 0) is 28.6 Å². The first-order valence-electron chi connectivity index (χ1n) is 34.7. The smallest absolute Gasteiger partial charge is 0.306 e. The van der Waals surface area contributed by atoms with Crippen LogP contribution in [0.5, 0.6) is 0 Å². The number of esters is 3. The zero-order valence-corrected chi connectivity index (χ0v) is 53.5. The number of ether oxygens (including phenoxy) is 3. The highest BCUT2D eigenvalue weighted by Gasteiger charge is 2.19. The van der Waals surface area contributed by atoms with Gasteiger partial charge in [-0.3, -0.25) is 14.4 Å². The number of carbonyl (C=O) groups excluding carboxylic acids is 3. The van der Waals surface area contributed by atoms with Gasteiger partial charge >= 0.3 is 17.9 Å². The van der Waals surface area contributed by atoms with Crippen LogP contribution in [0.25, 0.3) is 0 Å². The lowest BCUT2D eigenvalue weighted by molar-refractivity contribution is -0.166. The molecule has 466 valence electrons. The summed E-state index contributed by atoms with van der Waals surface area (Å²) in [6, 6.07) is 0. The van der Waals surface area contributed by atoms with Gasteiger partial charge in [0.15, 0.2) is 6.10 Å². The van der Waals surface area contributed by atoms with Crippen LogP contribution in [0, 0.1) is 0 Å². The summed E-state index contributed by atoms with van der Waals surface area (Å²) < 4.78 is 16.9. The number of hydrogen-bond donors (Lipinski definition) is 0. The van der Waals surface area contributed by atoms with Crippen LogP contribution in [0.2, 0.25) is 0 Å². The van der Waals surface area contributed by atoms with Crippen molar-refractivity contribution in [1.82, 2.24) is 0 Å². The van der Waals surface area contributed by atoms with E-state index in [0.29, 0.717) is 19.3 Å². The van der Waals surface area contributed by atoms with Crippen molar-refractivity contribution in [2.45, 2.75) is 348 Å². The summed E-state index contributed by atoms with van der Waals surface area (Å²) >= 11 is 0. The Morgan fingerprint density at radius 1 is 0.259 bits per heavy atom. The summed E-state index contributed by atoms with van der Waals surface area (Å²) in [4.78, 5) is 38.4. The second-order valence-electron chi connectivity index (χ2n) is 23.1. The molecule has 0 N–H and O–H groups in total. The molecule has 0 aromatic heterocycles. The second-order valence-corrected chi connectivity index (χ2v) is 23.1. The lowest BCUT2D eigenvalue weighted by Crippen LogP contribution is -2.30. The molecular formula is C75H130O6. The van der Waals surface area contributed by atoms with E-state index in [1.807, 2.05) is 6.08 Å². The van der Waals surface area contributed by atoms with E-state index >= 15 is 0 Å². The van der Waals surface area contributed by atoms with Gasteiger partial charge in [0.05, 0.1) is 0 Å². The average Bonchev–Trinajstić information content (AvgIpc) is 3.47. The molecule has 0 saturated carbocycles. The molecule has 0 radical (unpaired) electrons. The summed E-state index contributed by atoms with van der Waals surface area (Å²) in [7, 11) is 0. The van der Waals surface area contributed by atoms with Gasteiger partial charge in [-0.25, -0.2) is 0 Å². The molecular weight excluding hydrogens is 997 g/mol. The van der Waals surface area contributed by atoms with Crippen LogP contribution in [0.1, 0.15) is 342 Å². The Morgan fingerprint density at radius 3 is 0.827 bits per heavy atom. The maximum absolute atomic E-state index is 12.9. The molecule has 1 unspecified atom stereocenters. The van der Waals surface area contributed by atoms with Crippen molar-refractivity contribution in [2.24, 2.45) is 0 Å². The summed E-state index contributed by atoms with van der Waals surface area (Å²) in [6.07, 6.45) is 93.0. The first-order chi connectivity index (χ1) is 40.0. The van der Waals surface area contributed by atoms with Crippen LogP contribution in [0.15, 0.2) is 97.2 Å². The third-order valence-electron chi connectivity index (χ3n) is 15.1. The van der Waals surface area contributed by atoms with E-state index in [0.717, 1.165) is 83.5 Å². The van der Waals surface area contributed by atoms with Gasteiger partial charge in [0.1, 0.15) is 13.2 Å². The zero-order valence-electron chi connectivity index (χ0n) is 53.5. The number of hydrogen-bond acceptors (Lipinski definition) is 6. The minimum Gasteiger partial charge on any atom is -0.462 e. The molecule has 0 saturated heterocycles. The molecule has 6 nitrogen and oxygen atoms in total. The fourth-order valence-electron chi connectivity index (χ4n) is 9.91. The summed E-state index contributed by atoms with van der Waals surface area (Å²) in [6.45, 7) is 6.49. The molecule has 0 fully saturated rings. The van der Waals surface area contributed by atoms with Crippen LogP contribution in [0.3, 0.4) is 0 Å². The van der Waals surface area contributed by atoms with E-state index in [9.17, 15) is 14.4 Å². The zero-order chi connectivity index (χ0) is 58.5. The van der Waals surface area contributed by atoms with Crippen molar-refractivity contribution < 1.29 is 28.6 Å². The van der Waals surface area contributed by atoms with Gasteiger partial charge in [-0.05, 0) is 89.9 Å². The first-order valence-corrected chi connectivity index (χ1v) is 34.7. The highest BCUT2D eigenvalue weighted by atomic mass is 16.6. The number of carbonyl (C=O) groups is 3. The SMILES string of the molecule is CC/C=C\C/C=C\C/C=C\C/C=C\C/C=C\C/C=C\CCC(=O)OC(COC(=O)CCCCCCCCCCC/C=C\C/C=C\CCCCC)COC(=O)CCCCCCCCCCCCCCCCCCCCCCCCCCC. The van der Waals surface area contributed by atoms with Crippen molar-refractivity contribution >= 4 is 17.9 Å². The molecule has 0 spiro atoms. The quantitative estimate of drug-likeness (QED) is 0.0261. The minimum absolute atomic E-state index is 0.106. The molecule has 0 aliphatic carbocycles. The van der Waals surface area contributed by atoms with Crippen molar-refractivity contribution in [3.8, 4) is 0 Å². The maximum Gasteiger partial charge on any atom is 0.306 e.